The van der Waals surface area contributed by atoms with E-state index in [1.807, 2.05) is 0 Å². The molecule has 0 aliphatic carbocycles. The SMILES string of the molecule is Cn1c(O)c(N=NC(=O)CCCCCNC(=O)c2ccccc2Cl)c2cc(Cl)ccc21. The van der Waals surface area contributed by atoms with Crippen molar-refractivity contribution in [2.24, 2.45) is 17.3 Å². The van der Waals surface area contributed by atoms with E-state index in [0.29, 0.717) is 34.0 Å². The van der Waals surface area contributed by atoms with Gasteiger partial charge < -0.3 is 15.0 Å². The quantitative estimate of drug-likeness (QED) is 0.328. The monoisotopic (exact) mass is 460 g/mol. The zero-order valence-corrected chi connectivity index (χ0v) is 18.5. The number of unbranched alkanes of at least 4 members (excludes halogenated alkanes) is 2. The Bertz CT molecular complexity index is 1140. The molecular formula is C22H22Cl2N4O3. The maximum atomic E-state index is 12.1. The molecule has 31 heavy (non-hydrogen) atoms. The normalized spacial score (nSPS) is 11.3. The fraction of sp³-hybridized carbons (Fsp3) is 0.273. The summed E-state index contributed by atoms with van der Waals surface area (Å²) in [6.07, 6.45) is 2.32. The van der Waals surface area contributed by atoms with Crippen LogP contribution in [0.5, 0.6) is 5.88 Å². The molecule has 9 heteroatoms. The molecule has 0 radical (unpaired) electrons. The van der Waals surface area contributed by atoms with E-state index >= 15 is 0 Å². The summed E-state index contributed by atoms with van der Waals surface area (Å²) in [5.41, 5.74) is 1.40. The number of carbonyl (C=O) groups excluding carboxylic acids is 2. The van der Waals surface area contributed by atoms with Crippen LogP contribution in [0.2, 0.25) is 10.0 Å². The van der Waals surface area contributed by atoms with E-state index in [0.717, 1.165) is 18.4 Å². The van der Waals surface area contributed by atoms with Crippen LogP contribution in [0.15, 0.2) is 52.7 Å². The summed E-state index contributed by atoms with van der Waals surface area (Å²) >= 11 is 12.0. The van der Waals surface area contributed by atoms with Crippen LogP contribution in [0.1, 0.15) is 36.0 Å². The van der Waals surface area contributed by atoms with Gasteiger partial charge in [-0.15, -0.1) is 10.2 Å². The third-order valence-corrected chi connectivity index (χ3v) is 5.40. The number of amides is 2. The summed E-state index contributed by atoms with van der Waals surface area (Å²) in [6.45, 7) is 0.490. The highest BCUT2D eigenvalue weighted by atomic mass is 35.5. The molecule has 2 amide bonds. The topological polar surface area (TPSA) is 96.0 Å². The number of fused-ring (bicyclic) bond motifs is 1. The van der Waals surface area contributed by atoms with E-state index < -0.39 is 0 Å². The number of carbonyl (C=O) groups is 2. The van der Waals surface area contributed by atoms with Crippen molar-refractivity contribution in [2.45, 2.75) is 25.7 Å². The van der Waals surface area contributed by atoms with Gasteiger partial charge in [-0.25, -0.2) is 0 Å². The number of aryl methyl sites for hydroxylation is 1. The van der Waals surface area contributed by atoms with E-state index in [9.17, 15) is 14.7 Å². The van der Waals surface area contributed by atoms with Gasteiger partial charge in [-0.3, -0.25) is 9.59 Å². The Hall–Kier alpha value is -2.90. The van der Waals surface area contributed by atoms with Crippen LogP contribution in [0.4, 0.5) is 5.69 Å². The number of nitrogens with zero attached hydrogens (tertiary/aromatic N) is 3. The third kappa shape index (κ3) is 5.62. The van der Waals surface area contributed by atoms with Crippen LogP contribution >= 0.6 is 23.2 Å². The van der Waals surface area contributed by atoms with Crippen LogP contribution in [0.3, 0.4) is 0 Å². The molecule has 0 aliphatic heterocycles. The third-order valence-electron chi connectivity index (χ3n) is 4.84. The predicted octanol–water partition coefficient (Wildman–Crippen LogP) is 5.79. The molecule has 1 heterocycles. The van der Waals surface area contributed by atoms with Crippen molar-refractivity contribution in [3.05, 3.63) is 58.1 Å². The van der Waals surface area contributed by atoms with Crippen LogP contribution < -0.4 is 5.32 Å². The highest BCUT2D eigenvalue weighted by Crippen LogP contribution is 2.39. The molecule has 0 fully saturated rings. The minimum absolute atomic E-state index is 0.0805. The Morgan fingerprint density at radius 1 is 1.10 bits per heavy atom. The lowest BCUT2D eigenvalue weighted by Crippen LogP contribution is -2.24. The molecule has 2 aromatic carbocycles. The van der Waals surface area contributed by atoms with E-state index in [2.05, 4.69) is 15.5 Å². The Morgan fingerprint density at radius 2 is 1.87 bits per heavy atom. The molecule has 0 spiro atoms. The van der Waals surface area contributed by atoms with Crippen molar-refractivity contribution < 1.29 is 14.7 Å². The number of rotatable bonds is 8. The van der Waals surface area contributed by atoms with Crippen molar-refractivity contribution in [2.75, 3.05) is 6.54 Å². The smallest absolute Gasteiger partial charge is 0.264 e. The zero-order valence-electron chi connectivity index (χ0n) is 16.9. The van der Waals surface area contributed by atoms with Crippen LogP contribution in [-0.4, -0.2) is 28.0 Å². The molecule has 162 valence electrons. The first kappa shape index (κ1) is 22.8. The number of azo groups is 1. The van der Waals surface area contributed by atoms with E-state index in [4.69, 9.17) is 23.2 Å². The van der Waals surface area contributed by atoms with Gasteiger partial charge in [0.15, 0.2) is 5.69 Å². The largest absolute Gasteiger partial charge is 0.493 e. The number of benzene rings is 2. The van der Waals surface area contributed by atoms with Gasteiger partial charge in [-0.2, -0.15) is 0 Å². The molecule has 1 aromatic heterocycles. The van der Waals surface area contributed by atoms with Crippen molar-refractivity contribution >= 4 is 51.6 Å². The first-order valence-electron chi connectivity index (χ1n) is 9.82. The summed E-state index contributed by atoms with van der Waals surface area (Å²) in [5, 5.41) is 22.3. The lowest BCUT2D eigenvalue weighted by atomic mass is 10.1. The van der Waals surface area contributed by atoms with E-state index in [1.165, 1.54) is 0 Å². The summed E-state index contributed by atoms with van der Waals surface area (Å²) in [6, 6.07) is 12.0. The number of halogens is 2. The van der Waals surface area contributed by atoms with E-state index in [1.54, 1.807) is 54.1 Å². The highest BCUT2D eigenvalue weighted by Gasteiger charge is 2.15. The molecule has 0 atom stereocenters. The molecule has 0 saturated heterocycles. The van der Waals surface area contributed by atoms with Crippen LogP contribution in [0.25, 0.3) is 10.9 Å². The minimum Gasteiger partial charge on any atom is -0.493 e. The molecule has 3 rings (SSSR count). The molecular weight excluding hydrogens is 439 g/mol. The maximum absolute atomic E-state index is 12.1. The van der Waals surface area contributed by atoms with Crippen LogP contribution in [0, 0.1) is 0 Å². The van der Waals surface area contributed by atoms with Gasteiger partial charge in [0.25, 0.3) is 11.8 Å². The number of hydrogen-bond donors (Lipinski definition) is 2. The Morgan fingerprint density at radius 3 is 2.65 bits per heavy atom. The average Bonchev–Trinajstić information content (AvgIpc) is 2.98. The first-order valence-corrected chi connectivity index (χ1v) is 10.6. The summed E-state index contributed by atoms with van der Waals surface area (Å²) in [5.74, 6) is -0.674. The fourth-order valence-corrected chi connectivity index (χ4v) is 3.55. The second-order valence-corrected chi connectivity index (χ2v) is 7.88. The van der Waals surface area contributed by atoms with Gasteiger partial charge in [0.05, 0.1) is 16.1 Å². The number of aromatic hydroxyl groups is 1. The first-order chi connectivity index (χ1) is 14.9. The van der Waals surface area contributed by atoms with Crippen molar-refractivity contribution in [3.8, 4) is 5.88 Å². The van der Waals surface area contributed by atoms with Crippen molar-refractivity contribution in [3.63, 3.8) is 0 Å². The van der Waals surface area contributed by atoms with Gasteiger partial charge in [0.2, 0.25) is 5.88 Å². The Labute approximate surface area is 189 Å². The van der Waals surface area contributed by atoms with Crippen molar-refractivity contribution in [1.29, 1.82) is 0 Å². The standard InChI is InChI=1S/C22H22Cl2N4O3/c1-28-18-11-10-14(23)13-16(18)20(22(28)31)27-26-19(29)9-3-2-6-12-25-21(30)15-7-4-5-8-17(15)24/h4-5,7-8,10-11,13,31H,2-3,6,9,12H2,1H3,(H,25,30). The maximum Gasteiger partial charge on any atom is 0.264 e. The average molecular weight is 461 g/mol. The Balaban J connectivity index is 1.44. The Kier molecular flexibility index (Phi) is 7.65. The molecule has 3 aromatic rings. The number of aromatic nitrogens is 1. The lowest BCUT2D eigenvalue weighted by Gasteiger charge is -2.06. The predicted molar refractivity (Wildman–Crippen MR) is 121 cm³/mol. The zero-order chi connectivity index (χ0) is 22.4. The molecule has 7 nitrogen and oxygen atoms in total. The van der Waals surface area contributed by atoms with E-state index in [-0.39, 0.29) is 29.8 Å². The van der Waals surface area contributed by atoms with Crippen molar-refractivity contribution in [1.82, 2.24) is 9.88 Å². The molecule has 0 unspecified atom stereocenters. The van der Waals surface area contributed by atoms with Gasteiger partial charge >= 0.3 is 0 Å². The summed E-state index contributed by atoms with van der Waals surface area (Å²) in [4.78, 5) is 24.1. The van der Waals surface area contributed by atoms with Gasteiger partial charge in [-0.05, 0) is 43.2 Å². The van der Waals surface area contributed by atoms with Crippen LogP contribution in [-0.2, 0) is 11.8 Å². The molecule has 0 bridgehead atoms. The van der Waals surface area contributed by atoms with Gasteiger partial charge in [-0.1, -0.05) is 41.8 Å². The summed E-state index contributed by atoms with van der Waals surface area (Å²) in [7, 11) is 1.69. The fourth-order valence-electron chi connectivity index (χ4n) is 3.16. The second kappa shape index (κ2) is 10.4. The molecule has 0 saturated carbocycles. The molecule has 2 N–H and O–H groups in total. The molecule has 0 aliphatic rings. The summed E-state index contributed by atoms with van der Waals surface area (Å²) < 4.78 is 1.56. The second-order valence-electron chi connectivity index (χ2n) is 7.03. The van der Waals surface area contributed by atoms with Gasteiger partial charge in [0.1, 0.15) is 0 Å². The minimum atomic E-state index is -0.376. The number of nitrogens with one attached hydrogen (secondary N) is 1. The van der Waals surface area contributed by atoms with Gasteiger partial charge in [0, 0.05) is 30.4 Å². The number of hydrogen-bond acceptors (Lipinski definition) is 4. The highest BCUT2D eigenvalue weighted by molar-refractivity contribution is 6.33. The lowest BCUT2D eigenvalue weighted by molar-refractivity contribution is -0.118.